The monoisotopic (exact) mass is 251 g/mol. The number of amides is 1. The van der Waals surface area contributed by atoms with E-state index in [0.717, 1.165) is 11.3 Å². The summed E-state index contributed by atoms with van der Waals surface area (Å²) in [6.45, 7) is 8.04. The third-order valence-corrected chi connectivity index (χ3v) is 2.36. The molecule has 0 aromatic heterocycles. The van der Waals surface area contributed by atoms with Crippen LogP contribution in [0.4, 0.5) is 4.79 Å². The Morgan fingerprint density at radius 1 is 1.22 bits per heavy atom. The summed E-state index contributed by atoms with van der Waals surface area (Å²) in [7, 11) is 0. The van der Waals surface area contributed by atoms with Crippen molar-refractivity contribution in [2.45, 2.75) is 39.8 Å². The zero-order valence-electron chi connectivity index (χ0n) is 11.4. The Balaban J connectivity index is 2.58. The highest BCUT2D eigenvalue weighted by molar-refractivity contribution is 5.67. The Morgan fingerprint density at radius 3 is 2.33 bits per heavy atom. The number of hydrogen-bond donors (Lipinski definition) is 1. The van der Waals surface area contributed by atoms with Crippen LogP contribution in [0.25, 0.3) is 0 Å². The molecule has 0 fully saturated rings. The molecular formula is C14H21NO3. The Kier molecular flexibility index (Phi) is 5.49. The van der Waals surface area contributed by atoms with Gasteiger partial charge in [0.2, 0.25) is 0 Å². The third kappa shape index (κ3) is 4.65. The Morgan fingerprint density at radius 2 is 1.83 bits per heavy atom. The van der Waals surface area contributed by atoms with E-state index in [1.54, 1.807) is 6.92 Å². The van der Waals surface area contributed by atoms with Crippen LogP contribution in [0.3, 0.4) is 0 Å². The van der Waals surface area contributed by atoms with Gasteiger partial charge in [-0.1, -0.05) is 12.1 Å². The number of hydrogen-bond acceptors (Lipinski definition) is 3. The number of rotatable bonds is 5. The van der Waals surface area contributed by atoms with Crippen molar-refractivity contribution in [2.24, 2.45) is 0 Å². The zero-order chi connectivity index (χ0) is 13.5. The van der Waals surface area contributed by atoms with E-state index in [9.17, 15) is 4.79 Å². The first kappa shape index (κ1) is 14.4. The lowest BCUT2D eigenvalue weighted by Crippen LogP contribution is -2.27. The molecule has 0 aliphatic rings. The van der Waals surface area contributed by atoms with E-state index in [4.69, 9.17) is 9.47 Å². The van der Waals surface area contributed by atoms with Gasteiger partial charge in [-0.2, -0.15) is 0 Å². The molecule has 1 aromatic rings. The molecule has 4 nitrogen and oxygen atoms in total. The van der Waals surface area contributed by atoms with Crippen LogP contribution in [0.1, 0.15) is 39.3 Å². The fourth-order valence-electron chi connectivity index (χ4n) is 1.54. The predicted octanol–water partition coefficient (Wildman–Crippen LogP) is 3.28. The van der Waals surface area contributed by atoms with Gasteiger partial charge in [0, 0.05) is 0 Å². The van der Waals surface area contributed by atoms with Gasteiger partial charge in [-0.25, -0.2) is 4.79 Å². The SMILES string of the molecule is CCOC(=O)NC(C)c1ccc(OC(C)C)cc1. The van der Waals surface area contributed by atoms with E-state index < -0.39 is 6.09 Å². The number of benzene rings is 1. The van der Waals surface area contributed by atoms with Gasteiger partial charge in [-0.15, -0.1) is 0 Å². The van der Waals surface area contributed by atoms with Gasteiger partial charge in [-0.3, -0.25) is 0 Å². The van der Waals surface area contributed by atoms with Crippen molar-refractivity contribution in [3.8, 4) is 5.75 Å². The van der Waals surface area contributed by atoms with Gasteiger partial charge in [0.1, 0.15) is 5.75 Å². The molecule has 0 saturated heterocycles. The third-order valence-electron chi connectivity index (χ3n) is 2.36. The van der Waals surface area contributed by atoms with Gasteiger partial charge in [0.15, 0.2) is 0 Å². The quantitative estimate of drug-likeness (QED) is 0.873. The van der Waals surface area contributed by atoms with Gasteiger partial charge >= 0.3 is 6.09 Å². The van der Waals surface area contributed by atoms with E-state index in [2.05, 4.69) is 5.32 Å². The topological polar surface area (TPSA) is 47.6 Å². The molecule has 0 radical (unpaired) electrons. The van der Waals surface area contributed by atoms with Crippen molar-refractivity contribution in [1.29, 1.82) is 0 Å². The smallest absolute Gasteiger partial charge is 0.407 e. The number of nitrogens with one attached hydrogen (secondary N) is 1. The highest BCUT2D eigenvalue weighted by atomic mass is 16.5. The summed E-state index contributed by atoms with van der Waals surface area (Å²) in [5.74, 6) is 0.831. The van der Waals surface area contributed by atoms with Crippen molar-refractivity contribution >= 4 is 6.09 Å². The molecule has 1 unspecified atom stereocenters. The van der Waals surface area contributed by atoms with E-state index in [-0.39, 0.29) is 12.1 Å². The molecule has 1 aromatic carbocycles. The molecule has 1 amide bonds. The molecule has 0 spiro atoms. The maximum Gasteiger partial charge on any atom is 0.407 e. The average molecular weight is 251 g/mol. The number of ether oxygens (including phenoxy) is 2. The first-order valence-corrected chi connectivity index (χ1v) is 6.22. The van der Waals surface area contributed by atoms with Crippen LogP contribution in [0.2, 0.25) is 0 Å². The minimum absolute atomic E-state index is 0.0860. The lowest BCUT2D eigenvalue weighted by atomic mass is 10.1. The van der Waals surface area contributed by atoms with E-state index in [1.807, 2.05) is 45.0 Å². The minimum atomic E-state index is -0.396. The van der Waals surface area contributed by atoms with Crippen molar-refractivity contribution in [3.63, 3.8) is 0 Å². The Labute approximate surface area is 108 Å². The van der Waals surface area contributed by atoms with Crippen LogP contribution < -0.4 is 10.1 Å². The van der Waals surface area contributed by atoms with Crippen molar-refractivity contribution < 1.29 is 14.3 Å². The van der Waals surface area contributed by atoms with Crippen LogP contribution in [0, 0.1) is 0 Å². The molecule has 0 heterocycles. The minimum Gasteiger partial charge on any atom is -0.491 e. The van der Waals surface area contributed by atoms with E-state index in [1.165, 1.54) is 0 Å². The second-order valence-corrected chi connectivity index (χ2v) is 4.32. The Bertz CT molecular complexity index is 373. The molecule has 0 aliphatic carbocycles. The largest absolute Gasteiger partial charge is 0.491 e. The maximum absolute atomic E-state index is 11.3. The van der Waals surface area contributed by atoms with Crippen LogP contribution in [-0.4, -0.2) is 18.8 Å². The highest BCUT2D eigenvalue weighted by Crippen LogP contribution is 2.18. The standard InChI is InChI=1S/C14H21NO3/c1-5-17-14(16)15-11(4)12-6-8-13(9-7-12)18-10(2)3/h6-11H,5H2,1-4H3,(H,15,16). The summed E-state index contributed by atoms with van der Waals surface area (Å²) in [5.41, 5.74) is 1.01. The highest BCUT2D eigenvalue weighted by Gasteiger charge is 2.09. The molecule has 1 atom stereocenters. The summed E-state index contributed by atoms with van der Waals surface area (Å²) in [6, 6.07) is 7.60. The summed E-state index contributed by atoms with van der Waals surface area (Å²) >= 11 is 0. The molecule has 4 heteroatoms. The molecule has 0 bridgehead atoms. The van der Waals surface area contributed by atoms with Gasteiger partial charge in [-0.05, 0) is 45.4 Å². The Hall–Kier alpha value is -1.71. The van der Waals surface area contributed by atoms with Gasteiger partial charge < -0.3 is 14.8 Å². The fraction of sp³-hybridized carbons (Fsp3) is 0.500. The maximum atomic E-state index is 11.3. The van der Waals surface area contributed by atoms with Crippen LogP contribution in [-0.2, 0) is 4.74 Å². The molecule has 100 valence electrons. The van der Waals surface area contributed by atoms with Crippen LogP contribution in [0.5, 0.6) is 5.75 Å². The van der Waals surface area contributed by atoms with Gasteiger partial charge in [0.25, 0.3) is 0 Å². The summed E-state index contributed by atoms with van der Waals surface area (Å²) in [4.78, 5) is 11.3. The molecule has 1 N–H and O–H groups in total. The summed E-state index contributed by atoms with van der Waals surface area (Å²) < 4.78 is 10.4. The first-order chi connectivity index (χ1) is 8.52. The summed E-state index contributed by atoms with van der Waals surface area (Å²) in [5, 5.41) is 2.76. The number of carbonyl (C=O) groups excluding carboxylic acids is 1. The molecule has 1 rings (SSSR count). The van der Waals surface area contributed by atoms with Crippen molar-refractivity contribution in [2.75, 3.05) is 6.61 Å². The van der Waals surface area contributed by atoms with Gasteiger partial charge in [0.05, 0.1) is 18.8 Å². The molecule has 0 saturated carbocycles. The number of alkyl carbamates (subject to hydrolysis) is 1. The first-order valence-electron chi connectivity index (χ1n) is 6.22. The van der Waals surface area contributed by atoms with Crippen LogP contribution in [0.15, 0.2) is 24.3 Å². The zero-order valence-corrected chi connectivity index (χ0v) is 11.4. The predicted molar refractivity (Wildman–Crippen MR) is 70.8 cm³/mol. The second kappa shape index (κ2) is 6.89. The number of carbonyl (C=O) groups is 1. The lowest BCUT2D eigenvalue weighted by molar-refractivity contribution is 0.149. The average Bonchev–Trinajstić information content (AvgIpc) is 2.29. The molecule has 18 heavy (non-hydrogen) atoms. The normalized spacial score (nSPS) is 12.1. The lowest BCUT2D eigenvalue weighted by Gasteiger charge is -2.15. The van der Waals surface area contributed by atoms with Crippen molar-refractivity contribution in [1.82, 2.24) is 5.32 Å². The molecular weight excluding hydrogens is 230 g/mol. The fourth-order valence-corrected chi connectivity index (χ4v) is 1.54. The van der Waals surface area contributed by atoms with Crippen molar-refractivity contribution in [3.05, 3.63) is 29.8 Å². The second-order valence-electron chi connectivity index (χ2n) is 4.32. The molecule has 0 aliphatic heterocycles. The van der Waals surface area contributed by atoms with E-state index in [0.29, 0.717) is 6.61 Å². The summed E-state index contributed by atoms with van der Waals surface area (Å²) in [6.07, 6.45) is -0.238. The van der Waals surface area contributed by atoms with Crippen LogP contribution >= 0.6 is 0 Å². The van der Waals surface area contributed by atoms with E-state index >= 15 is 0 Å².